The van der Waals surface area contributed by atoms with E-state index in [9.17, 15) is 47.0 Å². The van der Waals surface area contributed by atoms with Crippen molar-refractivity contribution in [3.63, 3.8) is 0 Å². The minimum absolute atomic E-state index is 0.0280. The molecule has 1 unspecified atom stereocenters. The fourth-order valence-electron chi connectivity index (χ4n) is 4.41. The zero-order valence-corrected chi connectivity index (χ0v) is 21.0. The van der Waals surface area contributed by atoms with Crippen molar-refractivity contribution in [1.29, 1.82) is 0 Å². The smallest absolute Gasteiger partial charge is 0.481 e. The zero-order chi connectivity index (χ0) is 30.0. The predicted octanol–water partition coefficient (Wildman–Crippen LogP) is 0.846. The molecule has 216 valence electrons. The van der Waals surface area contributed by atoms with E-state index in [1.165, 1.54) is 6.07 Å². The Hall–Kier alpha value is -4.50. The van der Waals surface area contributed by atoms with E-state index in [-0.39, 0.29) is 36.4 Å². The number of aliphatic carboxylic acids is 2. The minimum Gasteiger partial charge on any atom is -0.481 e. The maximum atomic E-state index is 13.1. The van der Waals surface area contributed by atoms with Gasteiger partial charge in [-0.2, -0.15) is 13.2 Å². The lowest BCUT2D eigenvalue weighted by Crippen LogP contribution is -2.54. The Bertz CT molecular complexity index is 1270. The first-order valence-electron chi connectivity index (χ1n) is 12.0. The molecule has 0 bridgehead atoms. The van der Waals surface area contributed by atoms with Crippen molar-refractivity contribution in [2.75, 3.05) is 25.0 Å². The van der Waals surface area contributed by atoms with Gasteiger partial charge in [-0.15, -0.1) is 0 Å². The van der Waals surface area contributed by atoms with Crippen LogP contribution in [0.2, 0.25) is 0 Å². The van der Waals surface area contributed by atoms with Gasteiger partial charge in [0.05, 0.1) is 23.1 Å². The average molecular weight is 570 g/mol. The van der Waals surface area contributed by atoms with E-state index in [1.807, 2.05) is 0 Å². The van der Waals surface area contributed by atoms with Crippen molar-refractivity contribution < 1.29 is 56.9 Å². The van der Waals surface area contributed by atoms with Gasteiger partial charge in [0.15, 0.2) is 0 Å². The summed E-state index contributed by atoms with van der Waals surface area (Å²) >= 11 is 0. The number of amides is 5. The Morgan fingerprint density at radius 2 is 1.68 bits per heavy atom. The molecule has 3 aliphatic rings. The molecule has 0 aliphatic carbocycles. The summed E-state index contributed by atoms with van der Waals surface area (Å²) in [5.41, 5.74) is -0.354. The zero-order valence-electron chi connectivity index (χ0n) is 21.0. The van der Waals surface area contributed by atoms with Gasteiger partial charge in [0.25, 0.3) is 11.8 Å². The third-order valence-corrected chi connectivity index (χ3v) is 6.88. The van der Waals surface area contributed by atoms with Crippen molar-refractivity contribution in [2.45, 2.75) is 44.8 Å². The number of rotatable bonds is 5. The predicted molar refractivity (Wildman–Crippen MR) is 127 cm³/mol. The summed E-state index contributed by atoms with van der Waals surface area (Å²) in [5.74, 6) is -6.31. The van der Waals surface area contributed by atoms with Crippen LogP contribution in [0.25, 0.3) is 0 Å². The second-order valence-corrected chi connectivity index (χ2v) is 9.58. The molecule has 2 fully saturated rings. The second kappa shape index (κ2) is 11.3. The number of imide groups is 2. The fraction of sp³-hybridized carbons (Fsp3) is 0.458. The SMILES string of the molecule is CC1(C(=O)O)CCN(C(=O)CNc2cccc3c2C(=O)N(C2CCC(=O)NC2=O)C3=O)CC1.O=C(O)C(F)(F)F. The van der Waals surface area contributed by atoms with Crippen molar-refractivity contribution in [3.8, 4) is 0 Å². The highest BCUT2D eigenvalue weighted by atomic mass is 19.4. The molecular formula is C24H25F3N4O9. The van der Waals surface area contributed by atoms with Gasteiger partial charge in [0.2, 0.25) is 17.7 Å². The Labute approximate surface area is 224 Å². The first kappa shape index (κ1) is 30.0. The number of halogens is 3. The normalized spacial score (nSPS) is 20.2. The number of anilines is 1. The lowest BCUT2D eigenvalue weighted by Gasteiger charge is -2.36. The molecule has 1 aromatic carbocycles. The van der Waals surface area contributed by atoms with Crippen LogP contribution < -0.4 is 10.6 Å². The number of likely N-dealkylation sites (tertiary alicyclic amines) is 1. The summed E-state index contributed by atoms with van der Waals surface area (Å²) in [6.45, 7) is 2.16. The highest BCUT2D eigenvalue weighted by Crippen LogP contribution is 2.33. The van der Waals surface area contributed by atoms with Crippen LogP contribution >= 0.6 is 0 Å². The third kappa shape index (κ3) is 6.21. The van der Waals surface area contributed by atoms with Crippen LogP contribution in [0.15, 0.2) is 18.2 Å². The number of nitrogens with zero attached hydrogens (tertiary/aromatic N) is 2. The molecule has 13 nitrogen and oxygen atoms in total. The second-order valence-electron chi connectivity index (χ2n) is 9.58. The number of carbonyl (C=O) groups is 7. The Morgan fingerprint density at radius 3 is 2.20 bits per heavy atom. The Balaban J connectivity index is 0.000000559. The van der Waals surface area contributed by atoms with Crippen LogP contribution in [0.1, 0.15) is 53.3 Å². The number of fused-ring (bicyclic) bond motifs is 1. The molecule has 0 radical (unpaired) electrons. The van der Waals surface area contributed by atoms with Crippen molar-refractivity contribution in [3.05, 3.63) is 29.3 Å². The van der Waals surface area contributed by atoms with E-state index in [0.29, 0.717) is 31.6 Å². The van der Waals surface area contributed by atoms with Gasteiger partial charge < -0.3 is 20.4 Å². The number of alkyl halides is 3. The van der Waals surface area contributed by atoms with E-state index < -0.39 is 53.2 Å². The molecular weight excluding hydrogens is 545 g/mol. The summed E-state index contributed by atoms with van der Waals surface area (Å²) in [6, 6.07) is 3.56. The molecule has 0 saturated carbocycles. The minimum atomic E-state index is -5.08. The monoisotopic (exact) mass is 570 g/mol. The quantitative estimate of drug-likeness (QED) is 0.369. The maximum Gasteiger partial charge on any atom is 0.490 e. The molecule has 3 aliphatic heterocycles. The number of hydrogen-bond acceptors (Lipinski definition) is 8. The molecule has 3 heterocycles. The van der Waals surface area contributed by atoms with Gasteiger partial charge in [-0.1, -0.05) is 6.07 Å². The lowest BCUT2D eigenvalue weighted by molar-refractivity contribution is -0.192. The highest BCUT2D eigenvalue weighted by Gasteiger charge is 2.46. The molecule has 0 spiro atoms. The van der Waals surface area contributed by atoms with Crippen LogP contribution in [-0.4, -0.2) is 93.3 Å². The lowest BCUT2D eigenvalue weighted by atomic mass is 9.80. The van der Waals surface area contributed by atoms with E-state index >= 15 is 0 Å². The van der Waals surface area contributed by atoms with Gasteiger partial charge in [-0.05, 0) is 38.3 Å². The number of hydrogen-bond donors (Lipinski definition) is 4. The highest BCUT2D eigenvalue weighted by molar-refractivity contribution is 6.25. The number of carboxylic acids is 2. The number of carbonyl (C=O) groups excluding carboxylic acids is 5. The summed E-state index contributed by atoms with van der Waals surface area (Å²) in [6.07, 6.45) is -4.30. The summed E-state index contributed by atoms with van der Waals surface area (Å²) < 4.78 is 31.7. The number of nitrogens with one attached hydrogen (secondary N) is 2. The molecule has 40 heavy (non-hydrogen) atoms. The first-order valence-corrected chi connectivity index (χ1v) is 12.0. The van der Waals surface area contributed by atoms with Crippen LogP contribution in [0.4, 0.5) is 18.9 Å². The van der Waals surface area contributed by atoms with Crippen molar-refractivity contribution in [1.82, 2.24) is 15.1 Å². The maximum absolute atomic E-state index is 13.1. The molecule has 1 atom stereocenters. The van der Waals surface area contributed by atoms with Gasteiger partial charge >= 0.3 is 18.1 Å². The fourth-order valence-corrected chi connectivity index (χ4v) is 4.41. The van der Waals surface area contributed by atoms with Crippen molar-refractivity contribution in [2.24, 2.45) is 5.41 Å². The first-order chi connectivity index (χ1) is 18.6. The van der Waals surface area contributed by atoms with Crippen LogP contribution in [0.5, 0.6) is 0 Å². The topological polar surface area (TPSA) is 190 Å². The molecule has 16 heteroatoms. The Morgan fingerprint density at radius 1 is 1.07 bits per heavy atom. The molecule has 4 N–H and O–H groups in total. The van der Waals surface area contributed by atoms with Crippen LogP contribution in [0, 0.1) is 5.41 Å². The van der Waals surface area contributed by atoms with Gasteiger partial charge in [-0.25, -0.2) is 4.79 Å². The Kier molecular flexibility index (Phi) is 8.50. The molecule has 0 aromatic heterocycles. The van der Waals surface area contributed by atoms with E-state index in [1.54, 1.807) is 24.0 Å². The van der Waals surface area contributed by atoms with E-state index in [2.05, 4.69) is 10.6 Å². The number of piperidine rings is 2. The summed E-state index contributed by atoms with van der Waals surface area (Å²) in [5, 5.41) is 21.5. The van der Waals surface area contributed by atoms with Gasteiger partial charge in [0.1, 0.15) is 6.04 Å². The summed E-state index contributed by atoms with van der Waals surface area (Å²) in [4.78, 5) is 85.0. The van der Waals surface area contributed by atoms with Crippen molar-refractivity contribution >= 4 is 47.2 Å². The van der Waals surface area contributed by atoms with Crippen LogP contribution in [-0.2, 0) is 24.0 Å². The summed E-state index contributed by atoms with van der Waals surface area (Å²) in [7, 11) is 0. The molecule has 1 aromatic rings. The molecule has 2 saturated heterocycles. The van der Waals surface area contributed by atoms with Gasteiger partial charge in [-0.3, -0.25) is 39.0 Å². The van der Waals surface area contributed by atoms with Crippen LogP contribution in [0.3, 0.4) is 0 Å². The molecule has 4 rings (SSSR count). The number of benzene rings is 1. The largest absolute Gasteiger partial charge is 0.490 e. The van der Waals surface area contributed by atoms with Gasteiger partial charge in [0, 0.05) is 25.2 Å². The third-order valence-electron chi connectivity index (χ3n) is 6.88. The average Bonchev–Trinajstić information content (AvgIpc) is 3.13. The standard InChI is InChI=1S/C22H24N4O7.C2HF3O2/c1-22(21(32)33)7-9-25(10-8-22)16(28)11-23-13-4-2-3-12-17(13)20(31)26(19(12)30)14-5-6-15(27)24-18(14)29;3-2(4,5)1(6)7/h2-4,14,23H,5-11H2,1H3,(H,32,33)(H,24,27,29);(H,6,7). The molecule has 5 amide bonds. The van der Waals surface area contributed by atoms with E-state index in [4.69, 9.17) is 9.90 Å². The van der Waals surface area contributed by atoms with E-state index in [0.717, 1.165) is 4.90 Å². The number of carboxylic acid groups (broad SMARTS) is 2.